The number of nitrogens with zero attached hydrogens (tertiary/aromatic N) is 4. The van der Waals surface area contributed by atoms with Crippen LogP contribution in [0.2, 0.25) is 0 Å². The maximum Gasteiger partial charge on any atom is 0.415 e. The highest BCUT2D eigenvalue weighted by atomic mass is 19.1. The van der Waals surface area contributed by atoms with Crippen LogP contribution in [0.1, 0.15) is 69.8 Å². The molecule has 1 aliphatic carbocycles. The molecule has 214 valence electrons. The minimum absolute atomic E-state index is 0.0137. The third kappa shape index (κ3) is 4.51. The number of H-pyrrole nitrogens is 1. The molecule has 3 aliphatic rings. The van der Waals surface area contributed by atoms with Gasteiger partial charge in [0.25, 0.3) is 11.5 Å². The smallest absolute Gasteiger partial charge is 0.415 e. The molecule has 10 nitrogen and oxygen atoms in total. The highest BCUT2D eigenvalue weighted by Crippen LogP contribution is 2.50. The molecule has 3 aromatic rings. The largest absolute Gasteiger partial charge is 0.443 e. The molecule has 2 aliphatic heterocycles. The number of ether oxygens (including phenoxy) is 1. The summed E-state index contributed by atoms with van der Waals surface area (Å²) in [5, 5.41) is 6.64. The lowest BCUT2D eigenvalue weighted by Gasteiger charge is -2.44. The first-order valence-corrected chi connectivity index (χ1v) is 13.6. The van der Waals surface area contributed by atoms with Crippen LogP contribution in [0, 0.1) is 11.6 Å². The lowest BCUT2D eigenvalue weighted by Crippen LogP contribution is -2.50. The second kappa shape index (κ2) is 9.64. The molecule has 12 heteroatoms. The summed E-state index contributed by atoms with van der Waals surface area (Å²) >= 11 is 0. The van der Waals surface area contributed by atoms with E-state index in [1.54, 1.807) is 20.8 Å². The summed E-state index contributed by atoms with van der Waals surface area (Å²) in [4.78, 5) is 58.1. The van der Waals surface area contributed by atoms with E-state index >= 15 is 0 Å². The molecule has 1 N–H and O–H groups in total. The summed E-state index contributed by atoms with van der Waals surface area (Å²) in [6.07, 6.45) is 2.52. The summed E-state index contributed by atoms with van der Waals surface area (Å²) in [5.41, 5.74) is -1.24. The first-order valence-electron chi connectivity index (χ1n) is 13.6. The molecule has 0 bridgehead atoms. The van der Waals surface area contributed by atoms with E-state index in [1.165, 1.54) is 29.2 Å². The fourth-order valence-electron chi connectivity index (χ4n) is 6.20. The molecule has 0 spiro atoms. The van der Waals surface area contributed by atoms with Gasteiger partial charge in [-0.25, -0.2) is 23.5 Å². The van der Waals surface area contributed by atoms with E-state index in [9.17, 15) is 28.0 Å². The van der Waals surface area contributed by atoms with E-state index in [-0.39, 0.29) is 34.7 Å². The van der Waals surface area contributed by atoms with Crippen molar-refractivity contribution in [2.45, 2.75) is 70.2 Å². The van der Waals surface area contributed by atoms with Crippen LogP contribution in [0.5, 0.6) is 0 Å². The average molecular weight is 566 g/mol. The van der Waals surface area contributed by atoms with Crippen LogP contribution < -0.4 is 10.5 Å². The Balaban J connectivity index is 1.63. The predicted octanol–water partition coefficient (Wildman–Crippen LogP) is 4.95. The topological polar surface area (TPSA) is 116 Å². The highest BCUT2D eigenvalue weighted by molar-refractivity contribution is 6.07. The second-order valence-electron chi connectivity index (χ2n) is 11.7. The van der Waals surface area contributed by atoms with E-state index in [0.29, 0.717) is 5.56 Å². The quantitative estimate of drug-likeness (QED) is 0.450. The first-order chi connectivity index (χ1) is 19.4. The van der Waals surface area contributed by atoms with Gasteiger partial charge in [0.15, 0.2) is 0 Å². The first kappa shape index (κ1) is 26.9. The number of rotatable bonds is 3. The molecule has 3 heterocycles. The van der Waals surface area contributed by atoms with Gasteiger partial charge in [-0.1, -0.05) is 25.0 Å². The molecule has 2 atom stereocenters. The standard InChI is InChI=1S/C29H29F2N5O5/c1-29(2,3)41-28(40)35-20-13-17(31)12-19-22(20)23(32-33-26(19)38)25(24(35)15-8-10-16(30)11-9-15)36-21(37)14-34(27(36)39)18-6-4-5-7-18/h8-13,18,24-25H,4-7,14H2,1-3H3,(H,33,38). The van der Waals surface area contributed by atoms with Crippen LogP contribution >= 0.6 is 0 Å². The molecule has 6 rings (SSSR count). The number of carbonyl (C=O) groups is 3. The molecule has 1 aromatic heterocycles. The van der Waals surface area contributed by atoms with Gasteiger partial charge in [0, 0.05) is 11.4 Å². The van der Waals surface area contributed by atoms with Gasteiger partial charge in [0.05, 0.1) is 22.8 Å². The zero-order chi connectivity index (χ0) is 29.2. The van der Waals surface area contributed by atoms with Crippen LogP contribution in [-0.4, -0.2) is 56.2 Å². The Morgan fingerprint density at radius 3 is 2.34 bits per heavy atom. The number of aromatic amines is 1. The fraction of sp³-hybridized carbons (Fsp3) is 0.414. The van der Waals surface area contributed by atoms with Gasteiger partial charge < -0.3 is 9.64 Å². The molecule has 41 heavy (non-hydrogen) atoms. The van der Waals surface area contributed by atoms with Crippen molar-refractivity contribution >= 4 is 34.5 Å². The number of halogens is 2. The maximum atomic E-state index is 15.0. The second-order valence-corrected chi connectivity index (χ2v) is 11.7. The van der Waals surface area contributed by atoms with Gasteiger partial charge in [0.1, 0.15) is 29.8 Å². The average Bonchev–Trinajstić information content (AvgIpc) is 3.53. The zero-order valence-corrected chi connectivity index (χ0v) is 22.8. The molecule has 2 unspecified atom stereocenters. The number of imide groups is 1. The van der Waals surface area contributed by atoms with Gasteiger partial charge in [-0.15, -0.1) is 0 Å². The number of urea groups is 1. The lowest BCUT2D eigenvalue weighted by molar-refractivity contribution is -0.127. The van der Waals surface area contributed by atoms with Crippen molar-refractivity contribution in [3.05, 3.63) is 69.6 Å². The Kier molecular flexibility index (Phi) is 6.31. The third-order valence-electron chi connectivity index (χ3n) is 7.85. The molecule has 1 saturated heterocycles. The number of anilines is 1. The Morgan fingerprint density at radius 2 is 1.68 bits per heavy atom. The van der Waals surface area contributed by atoms with Crippen molar-refractivity contribution in [2.75, 3.05) is 11.4 Å². The van der Waals surface area contributed by atoms with Crippen LogP contribution in [-0.2, 0) is 9.53 Å². The van der Waals surface area contributed by atoms with E-state index < -0.39 is 52.9 Å². The van der Waals surface area contributed by atoms with Crippen molar-refractivity contribution in [3.63, 3.8) is 0 Å². The molecule has 2 fully saturated rings. The van der Waals surface area contributed by atoms with E-state index in [2.05, 4.69) is 10.2 Å². The minimum atomic E-state index is -1.24. The molecule has 0 radical (unpaired) electrons. The fourth-order valence-corrected chi connectivity index (χ4v) is 6.20. The Morgan fingerprint density at radius 1 is 1.00 bits per heavy atom. The van der Waals surface area contributed by atoms with Crippen molar-refractivity contribution in [1.82, 2.24) is 20.0 Å². The molecule has 1 saturated carbocycles. The number of hydrogen-bond donors (Lipinski definition) is 1. The van der Waals surface area contributed by atoms with Gasteiger partial charge in [-0.3, -0.25) is 19.4 Å². The Bertz CT molecular complexity index is 1630. The predicted molar refractivity (Wildman–Crippen MR) is 144 cm³/mol. The van der Waals surface area contributed by atoms with E-state index in [4.69, 9.17) is 4.74 Å². The van der Waals surface area contributed by atoms with Crippen molar-refractivity contribution in [2.24, 2.45) is 0 Å². The monoisotopic (exact) mass is 565 g/mol. The Labute approximate surface area is 233 Å². The lowest BCUT2D eigenvalue weighted by atomic mass is 9.87. The molecular weight excluding hydrogens is 536 g/mol. The number of nitrogens with one attached hydrogen (secondary N) is 1. The van der Waals surface area contributed by atoms with Crippen molar-refractivity contribution in [1.29, 1.82) is 0 Å². The van der Waals surface area contributed by atoms with Crippen LogP contribution in [0.25, 0.3) is 10.8 Å². The number of amides is 4. The van der Waals surface area contributed by atoms with Gasteiger partial charge in [-0.2, -0.15) is 5.10 Å². The number of aromatic nitrogens is 2. The SMILES string of the molecule is CC(C)(C)OC(=O)N1c2cc(F)cc3c(=O)[nH]nc(c23)C(N2C(=O)CN(C3CCCC3)C2=O)C1c1ccc(F)cc1. The van der Waals surface area contributed by atoms with E-state index in [0.717, 1.165) is 47.6 Å². The maximum absolute atomic E-state index is 15.0. The summed E-state index contributed by atoms with van der Waals surface area (Å²) < 4.78 is 34.8. The van der Waals surface area contributed by atoms with Crippen LogP contribution in [0.4, 0.5) is 24.1 Å². The summed E-state index contributed by atoms with van der Waals surface area (Å²) in [5.74, 6) is -1.84. The van der Waals surface area contributed by atoms with E-state index in [1.807, 2.05) is 0 Å². The minimum Gasteiger partial charge on any atom is -0.443 e. The van der Waals surface area contributed by atoms with Crippen LogP contribution in [0.3, 0.4) is 0 Å². The molecule has 2 aromatic carbocycles. The van der Waals surface area contributed by atoms with Gasteiger partial charge in [0.2, 0.25) is 0 Å². The van der Waals surface area contributed by atoms with Gasteiger partial charge in [-0.05, 0) is 63.4 Å². The summed E-state index contributed by atoms with van der Waals surface area (Å²) in [6, 6.07) is 4.27. The van der Waals surface area contributed by atoms with Crippen LogP contribution in [0.15, 0.2) is 41.2 Å². The normalized spacial score (nSPS) is 21.3. The zero-order valence-electron chi connectivity index (χ0n) is 22.8. The number of carbonyl (C=O) groups excluding carboxylic acids is 3. The molecule has 4 amide bonds. The summed E-state index contributed by atoms with van der Waals surface area (Å²) in [6.45, 7) is 4.83. The number of benzene rings is 2. The third-order valence-corrected chi connectivity index (χ3v) is 7.85. The van der Waals surface area contributed by atoms with Gasteiger partial charge >= 0.3 is 12.1 Å². The molecular formula is C29H29F2N5O5. The summed E-state index contributed by atoms with van der Waals surface area (Å²) in [7, 11) is 0. The highest BCUT2D eigenvalue weighted by Gasteiger charge is 2.53. The number of hydrogen-bond acceptors (Lipinski definition) is 6. The van der Waals surface area contributed by atoms with Crippen molar-refractivity contribution in [3.8, 4) is 0 Å². The Hall–Kier alpha value is -4.35. The van der Waals surface area contributed by atoms with Crippen molar-refractivity contribution < 1.29 is 27.9 Å².